The smallest absolute Gasteiger partial charge is 0.152 e. The molecular weight excluding hydrogens is 267 g/mol. The maximum Gasteiger partial charge on any atom is 0.152 e. The van der Waals surface area contributed by atoms with E-state index in [0.717, 1.165) is 22.6 Å². The highest BCUT2D eigenvalue weighted by Crippen LogP contribution is 2.23. The Labute approximate surface area is 122 Å². The van der Waals surface area contributed by atoms with Crippen molar-refractivity contribution in [2.45, 2.75) is 26.8 Å². The van der Waals surface area contributed by atoms with Gasteiger partial charge in [-0.1, -0.05) is 12.1 Å². The van der Waals surface area contributed by atoms with Crippen LogP contribution >= 0.6 is 0 Å². The van der Waals surface area contributed by atoms with Gasteiger partial charge in [-0.3, -0.25) is 0 Å². The highest BCUT2D eigenvalue weighted by Gasteiger charge is 2.11. The fourth-order valence-corrected chi connectivity index (χ4v) is 2.32. The van der Waals surface area contributed by atoms with E-state index in [4.69, 9.17) is 0 Å². The van der Waals surface area contributed by atoms with Crippen LogP contribution in [-0.2, 0) is 0 Å². The van der Waals surface area contributed by atoms with Gasteiger partial charge in [0.2, 0.25) is 0 Å². The zero-order valence-electron chi connectivity index (χ0n) is 12.3. The Morgan fingerprint density at radius 1 is 1.24 bits per heavy atom. The van der Waals surface area contributed by atoms with E-state index in [0.29, 0.717) is 5.56 Å². The van der Waals surface area contributed by atoms with Crippen molar-refractivity contribution in [3.05, 3.63) is 59.3 Å². The number of hydrogen-bond acceptors (Lipinski definition) is 3. The van der Waals surface area contributed by atoms with Gasteiger partial charge >= 0.3 is 0 Å². The second-order valence-electron chi connectivity index (χ2n) is 5.27. The molecule has 3 aromatic rings. The minimum absolute atomic E-state index is 0.0472. The predicted molar refractivity (Wildman–Crippen MR) is 80.9 cm³/mol. The molecule has 0 saturated carbocycles. The summed E-state index contributed by atoms with van der Waals surface area (Å²) in [4.78, 5) is 4.36. The van der Waals surface area contributed by atoms with Gasteiger partial charge < -0.3 is 5.32 Å². The Bertz CT molecular complexity index is 794. The summed E-state index contributed by atoms with van der Waals surface area (Å²) in [7, 11) is 0. The summed E-state index contributed by atoms with van der Waals surface area (Å²) < 4.78 is 15.5. The summed E-state index contributed by atoms with van der Waals surface area (Å²) in [5.74, 6) is 0.555. The van der Waals surface area contributed by atoms with Gasteiger partial charge in [0, 0.05) is 12.4 Å². The minimum atomic E-state index is -0.187. The number of nitrogens with zero attached hydrogens (tertiary/aromatic N) is 3. The van der Waals surface area contributed by atoms with Crippen LogP contribution in [0.1, 0.15) is 29.8 Å². The number of anilines is 1. The quantitative estimate of drug-likeness (QED) is 0.798. The highest BCUT2D eigenvalue weighted by molar-refractivity contribution is 5.68. The van der Waals surface area contributed by atoms with Gasteiger partial charge in [0.05, 0.1) is 11.7 Å². The average Bonchev–Trinajstić information content (AvgIpc) is 2.83. The number of aryl methyl sites for hydroxylation is 2. The highest BCUT2D eigenvalue weighted by atomic mass is 19.1. The topological polar surface area (TPSA) is 42.2 Å². The zero-order chi connectivity index (χ0) is 15.0. The molecule has 0 spiro atoms. The van der Waals surface area contributed by atoms with Crippen LogP contribution in [0.2, 0.25) is 0 Å². The number of aromatic nitrogens is 3. The van der Waals surface area contributed by atoms with Crippen LogP contribution in [0.3, 0.4) is 0 Å². The summed E-state index contributed by atoms with van der Waals surface area (Å²) >= 11 is 0. The van der Waals surface area contributed by atoms with E-state index in [2.05, 4.69) is 15.4 Å². The summed E-state index contributed by atoms with van der Waals surface area (Å²) in [6, 6.07) is 7.21. The third-order valence-corrected chi connectivity index (χ3v) is 3.56. The largest absolute Gasteiger partial charge is 0.362 e. The van der Waals surface area contributed by atoms with Gasteiger partial charge in [0.25, 0.3) is 0 Å². The zero-order valence-corrected chi connectivity index (χ0v) is 12.3. The third-order valence-electron chi connectivity index (χ3n) is 3.56. The molecule has 2 heterocycles. The third kappa shape index (κ3) is 2.59. The van der Waals surface area contributed by atoms with Gasteiger partial charge in [-0.25, -0.2) is 13.9 Å². The standard InChI is InChI=1S/C16H17FN4/c1-10-4-5-13(9-14(10)17)12(3)19-16-15-8-11(2)20-21(15)7-6-18-16/h4-9,12H,1-3H3,(H,18,19). The molecule has 1 atom stereocenters. The first-order chi connectivity index (χ1) is 10.0. The number of hydrogen-bond donors (Lipinski definition) is 1. The van der Waals surface area contributed by atoms with E-state index < -0.39 is 0 Å². The normalized spacial score (nSPS) is 12.6. The maximum absolute atomic E-state index is 13.7. The molecule has 108 valence electrons. The van der Waals surface area contributed by atoms with Crippen LogP contribution in [0, 0.1) is 19.7 Å². The summed E-state index contributed by atoms with van der Waals surface area (Å²) in [5, 5.41) is 7.68. The second-order valence-corrected chi connectivity index (χ2v) is 5.27. The Morgan fingerprint density at radius 3 is 2.81 bits per heavy atom. The molecule has 0 radical (unpaired) electrons. The average molecular weight is 284 g/mol. The van der Waals surface area contributed by atoms with E-state index in [1.165, 1.54) is 0 Å². The first-order valence-electron chi connectivity index (χ1n) is 6.88. The molecule has 0 aliphatic carbocycles. The van der Waals surface area contributed by atoms with Gasteiger partial charge in [-0.05, 0) is 44.0 Å². The fourth-order valence-electron chi connectivity index (χ4n) is 2.32. The molecule has 2 aromatic heterocycles. The first-order valence-corrected chi connectivity index (χ1v) is 6.88. The van der Waals surface area contributed by atoms with Crippen molar-refractivity contribution in [3.63, 3.8) is 0 Å². The van der Waals surface area contributed by atoms with Crippen LogP contribution in [0.15, 0.2) is 36.7 Å². The molecule has 0 saturated heterocycles. The van der Waals surface area contributed by atoms with Crippen LogP contribution in [-0.4, -0.2) is 14.6 Å². The molecule has 0 amide bonds. The molecule has 0 bridgehead atoms. The Balaban J connectivity index is 1.92. The van der Waals surface area contributed by atoms with Crippen LogP contribution < -0.4 is 5.32 Å². The van der Waals surface area contributed by atoms with Crippen molar-refractivity contribution < 1.29 is 4.39 Å². The lowest BCUT2D eigenvalue weighted by molar-refractivity contribution is 0.614. The molecule has 1 aromatic carbocycles. The summed E-state index contributed by atoms with van der Waals surface area (Å²) in [6.07, 6.45) is 3.51. The fraction of sp³-hybridized carbons (Fsp3) is 0.250. The van der Waals surface area contributed by atoms with Crippen molar-refractivity contribution in [1.82, 2.24) is 14.6 Å². The van der Waals surface area contributed by atoms with Crippen LogP contribution in [0.5, 0.6) is 0 Å². The maximum atomic E-state index is 13.7. The summed E-state index contributed by atoms with van der Waals surface area (Å²) in [5.41, 5.74) is 3.38. The Kier molecular flexibility index (Phi) is 3.33. The van der Waals surface area contributed by atoms with Crippen molar-refractivity contribution in [1.29, 1.82) is 0 Å². The Hall–Kier alpha value is -2.43. The molecule has 5 heteroatoms. The second kappa shape index (κ2) is 5.16. The monoisotopic (exact) mass is 284 g/mol. The van der Waals surface area contributed by atoms with E-state index >= 15 is 0 Å². The van der Waals surface area contributed by atoms with Gasteiger partial charge in [-0.15, -0.1) is 0 Å². The lowest BCUT2D eigenvalue weighted by Crippen LogP contribution is -2.09. The SMILES string of the molecule is Cc1cc2c(NC(C)c3ccc(C)c(F)c3)nccn2n1. The number of rotatable bonds is 3. The molecule has 1 unspecified atom stereocenters. The van der Waals surface area contributed by atoms with E-state index in [1.54, 1.807) is 29.8 Å². The molecule has 0 aliphatic heterocycles. The van der Waals surface area contributed by atoms with Crippen LogP contribution in [0.4, 0.5) is 10.2 Å². The lowest BCUT2D eigenvalue weighted by atomic mass is 10.1. The number of nitrogens with one attached hydrogen (secondary N) is 1. The number of fused-ring (bicyclic) bond motifs is 1. The lowest BCUT2D eigenvalue weighted by Gasteiger charge is -2.16. The van der Waals surface area contributed by atoms with Gasteiger partial charge in [0.1, 0.15) is 11.3 Å². The predicted octanol–water partition coefficient (Wildman–Crippen LogP) is 3.66. The summed E-state index contributed by atoms with van der Waals surface area (Å²) in [6.45, 7) is 5.68. The molecule has 4 nitrogen and oxygen atoms in total. The number of benzene rings is 1. The minimum Gasteiger partial charge on any atom is -0.362 e. The van der Waals surface area contributed by atoms with Crippen molar-refractivity contribution in [2.75, 3.05) is 5.32 Å². The van der Waals surface area contributed by atoms with Crippen LogP contribution in [0.25, 0.3) is 5.52 Å². The van der Waals surface area contributed by atoms with Crippen molar-refractivity contribution in [3.8, 4) is 0 Å². The van der Waals surface area contributed by atoms with Crippen molar-refractivity contribution >= 4 is 11.3 Å². The van der Waals surface area contributed by atoms with Crippen molar-refractivity contribution in [2.24, 2.45) is 0 Å². The first kappa shape index (κ1) is 13.5. The molecule has 1 N–H and O–H groups in total. The van der Waals surface area contributed by atoms with Gasteiger partial charge in [-0.2, -0.15) is 5.10 Å². The molecular formula is C16H17FN4. The van der Waals surface area contributed by atoms with E-state index in [9.17, 15) is 4.39 Å². The number of halogens is 1. The molecule has 0 aliphatic rings. The molecule has 0 fully saturated rings. The van der Waals surface area contributed by atoms with E-state index in [-0.39, 0.29) is 11.9 Å². The van der Waals surface area contributed by atoms with E-state index in [1.807, 2.05) is 32.2 Å². The Morgan fingerprint density at radius 2 is 2.05 bits per heavy atom. The molecule has 3 rings (SSSR count). The van der Waals surface area contributed by atoms with Gasteiger partial charge in [0.15, 0.2) is 5.82 Å². The molecule has 21 heavy (non-hydrogen) atoms.